The molecule has 1 fully saturated rings. The number of phenols is 1. The maximum atomic E-state index is 14.8. The maximum absolute atomic E-state index is 14.8. The van der Waals surface area contributed by atoms with Gasteiger partial charge in [0.25, 0.3) is 11.8 Å². The SMILES string of the molecule is COC(=O)c1ccnc(N(C(=O)c2cc(-c3cc(Cl)ccc3C(=O)N3Cc4ccccc4C[C@H]3CN3CCOCC3)n(C)c2C)c2ccc(O)cc2)c1. The van der Waals surface area contributed by atoms with Gasteiger partial charge >= 0.3 is 5.97 Å². The third-order valence-corrected chi connectivity index (χ3v) is 10.4. The van der Waals surface area contributed by atoms with Crippen LogP contribution >= 0.6 is 11.6 Å². The van der Waals surface area contributed by atoms with E-state index < -0.39 is 11.9 Å². The predicted molar refractivity (Wildman–Crippen MR) is 202 cm³/mol. The van der Waals surface area contributed by atoms with E-state index in [1.165, 1.54) is 48.0 Å². The van der Waals surface area contributed by atoms with Crippen molar-refractivity contribution >= 4 is 40.9 Å². The lowest BCUT2D eigenvalue weighted by Gasteiger charge is -2.40. The predicted octanol–water partition coefficient (Wildman–Crippen LogP) is 6.42. The smallest absolute Gasteiger partial charge is 0.338 e. The molecule has 0 unspecified atom stereocenters. The van der Waals surface area contributed by atoms with Gasteiger partial charge in [0.05, 0.1) is 37.1 Å². The summed E-state index contributed by atoms with van der Waals surface area (Å²) in [5.74, 6) is -0.919. The van der Waals surface area contributed by atoms with Crippen LogP contribution in [0.15, 0.2) is 91.1 Å². The molecule has 7 rings (SSSR count). The monoisotopic (exact) mass is 733 g/mol. The summed E-state index contributed by atoms with van der Waals surface area (Å²) < 4.78 is 12.4. The molecule has 11 nitrogen and oxygen atoms in total. The Labute approximate surface area is 312 Å². The molecule has 1 atom stereocenters. The molecule has 4 heterocycles. The zero-order chi connectivity index (χ0) is 37.2. The number of carbonyl (C=O) groups is 3. The fraction of sp³-hybridized carbons (Fsp3) is 0.268. The van der Waals surface area contributed by atoms with Gasteiger partial charge in [0, 0.05) is 73.0 Å². The average Bonchev–Trinajstić information content (AvgIpc) is 3.48. The Morgan fingerprint density at radius 2 is 1.70 bits per heavy atom. The van der Waals surface area contributed by atoms with Crippen LogP contribution in [0.1, 0.15) is 47.9 Å². The van der Waals surface area contributed by atoms with E-state index >= 15 is 0 Å². The molecular weight excluding hydrogens is 694 g/mol. The molecule has 1 N–H and O–H groups in total. The summed E-state index contributed by atoms with van der Waals surface area (Å²) in [4.78, 5) is 52.1. The number of esters is 1. The molecule has 2 aliphatic heterocycles. The first-order chi connectivity index (χ1) is 25.6. The molecule has 0 radical (unpaired) electrons. The molecule has 2 amide bonds. The number of aromatic hydroxyl groups is 1. The van der Waals surface area contributed by atoms with Crippen molar-refractivity contribution in [3.8, 4) is 17.0 Å². The zero-order valence-electron chi connectivity index (χ0n) is 29.8. The summed E-state index contributed by atoms with van der Waals surface area (Å²) >= 11 is 6.62. The quantitative estimate of drug-likeness (QED) is 0.182. The van der Waals surface area contributed by atoms with E-state index in [-0.39, 0.29) is 29.1 Å². The Hall–Kier alpha value is -5.49. The van der Waals surface area contributed by atoms with Crippen LogP contribution in [0.25, 0.3) is 11.3 Å². The number of methoxy groups -OCH3 is 1. The highest BCUT2D eigenvalue weighted by atomic mass is 35.5. The number of anilines is 2. The van der Waals surface area contributed by atoms with Crippen molar-refractivity contribution < 1.29 is 29.0 Å². The number of halogens is 1. The zero-order valence-corrected chi connectivity index (χ0v) is 30.5. The van der Waals surface area contributed by atoms with Crippen molar-refractivity contribution in [2.24, 2.45) is 7.05 Å². The maximum Gasteiger partial charge on any atom is 0.338 e. The Kier molecular flexibility index (Phi) is 10.3. The topological polar surface area (TPSA) is 117 Å². The number of phenolic OH excluding ortho intramolecular Hbond substituents is 1. The Morgan fingerprint density at radius 3 is 2.43 bits per heavy atom. The summed E-state index contributed by atoms with van der Waals surface area (Å²) in [5, 5.41) is 10.5. The molecule has 12 heteroatoms. The van der Waals surface area contributed by atoms with Crippen LogP contribution in [-0.4, -0.2) is 88.2 Å². The number of amides is 2. The highest BCUT2D eigenvalue weighted by molar-refractivity contribution is 6.31. The van der Waals surface area contributed by atoms with E-state index in [1.807, 2.05) is 35.6 Å². The molecule has 0 aliphatic carbocycles. The molecule has 0 saturated carbocycles. The van der Waals surface area contributed by atoms with Gasteiger partial charge in [-0.2, -0.15) is 0 Å². The van der Waals surface area contributed by atoms with Crippen LogP contribution in [0.4, 0.5) is 11.5 Å². The fourth-order valence-corrected chi connectivity index (χ4v) is 7.35. The first-order valence-corrected chi connectivity index (χ1v) is 17.8. The van der Waals surface area contributed by atoms with E-state index in [0.717, 1.165) is 31.6 Å². The molecule has 2 aliphatic rings. The number of pyridine rings is 1. The minimum atomic E-state index is -0.576. The van der Waals surface area contributed by atoms with Crippen LogP contribution in [0.3, 0.4) is 0 Å². The van der Waals surface area contributed by atoms with Crippen LogP contribution in [0, 0.1) is 6.92 Å². The van der Waals surface area contributed by atoms with Crippen molar-refractivity contribution in [3.05, 3.63) is 130 Å². The Balaban J connectivity index is 1.28. The third kappa shape index (κ3) is 7.28. The van der Waals surface area contributed by atoms with Crippen molar-refractivity contribution in [1.82, 2.24) is 19.4 Å². The van der Waals surface area contributed by atoms with Gasteiger partial charge in [-0.25, -0.2) is 9.78 Å². The van der Waals surface area contributed by atoms with Gasteiger partial charge in [-0.05, 0) is 85.1 Å². The molecule has 3 aromatic carbocycles. The number of morpholine rings is 1. The minimum absolute atomic E-state index is 0.0260. The molecule has 272 valence electrons. The summed E-state index contributed by atoms with van der Waals surface area (Å²) in [6.07, 6.45) is 2.17. The number of ether oxygens (including phenoxy) is 2. The fourth-order valence-electron chi connectivity index (χ4n) is 7.18. The molecular formula is C41H40ClN5O6. The highest BCUT2D eigenvalue weighted by Gasteiger charge is 2.34. The summed E-state index contributed by atoms with van der Waals surface area (Å²) in [6.45, 7) is 6.00. The second-order valence-electron chi connectivity index (χ2n) is 13.3. The van der Waals surface area contributed by atoms with E-state index in [0.29, 0.717) is 58.5 Å². The van der Waals surface area contributed by atoms with Crippen molar-refractivity contribution in [2.45, 2.75) is 25.9 Å². The lowest BCUT2D eigenvalue weighted by Crippen LogP contribution is -2.52. The van der Waals surface area contributed by atoms with Gasteiger partial charge in [-0.3, -0.25) is 19.4 Å². The van der Waals surface area contributed by atoms with E-state index in [1.54, 1.807) is 36.4 Å². The largest absolute Gasteiger partial charge is 0.508 e. The van der Waals surface area contributed by atoms with Gasteiger partial charge in [-0.1, -0.05) is 35.9 Å². The van der Waals surface area contributed by atoms with Gasteiger partial charge in [-0.15, -0.1) is 0 Å². The Bertz CT molecular complexity index is 2180. The number of nitrogens with zero attached hydrogens (tertiary/aromatic N) is 5. The van der Waals surface area contributed by atoms with Crippen LogP contribution in [-0.2, 0) is 29.5 Å². The van der Waals surface area contributed by atoms with Crippen LogP contribution in [0.2, 0.25) is 5.02 Å². The van der Waals surface area contributed by atoms with Gasteiger partial charge < -0.3 is 24.0 Å². The lowest BCUT2D eigenvalue weighted by atomic mass is 9.92. The first-order valence-electron chi connectivity index (χ1n) is 17.4. The Morgan fingerprint density at radius 1 is 0.962 bits per heavy atom. The second kappa shape index (κ2) is 15.2. The molecule has 1 saturated heterocycles. The summed E-state index contributed by atoms with van der Waals surface area (Å²) in [7, 11) is 3.12. The second-order valence-corrected chi connectivity index (χ2v) is 13.7. The van der Waals surface area contributed by atoms with E-state index in [4.69, 9.17) is 21.1 Å². The van der Waals surface area contributed by atoms with Gasteiger partial charge in [0.1, 0.15) is 11.6 Å². The third-order valence-electron chi connectivity index (χ3n) is 10.1. The number of benzene rings is 3. The lowest BCUT2D eigenvalue weighted by molar-refractivity contribution is 0.0193. The number of hydrogen-bond donors (Lipinski definition) is 1. The number of carbonyl (C=O) groups excluding carboxylic acids is 3. The van der Waals surface area contributed by atoms with Crippen molar-refractivity contribution in [2.75, 3.05) is 44.9 Å². The molecule has 2 aromatic heterocycles. The van der Waals surface area contributed by atoms with Crippen molar-refractivity contribution in [1.29, 1.82) is 0 Å². The number of rotatable bonds is 8. The summed E-state index contributed by atoms with van der Waals surface area (Å²) in [5.41, 5.74) is 5.68. The van der Waals surface area contributed by atoms with Gasteiger partial charge in [0.2, 0.25) is 0 Å². The minimum Gasteiger partial charge on any atom is -0.508 e. The standard InChI is InChI=1S/C41H40ClN5O6/c1-26-35(40(50)47(31-9-11-33(48)12-10-31)38-21-28(14-15-43-38)41(51)52-3)23-37(44(26)2)36-22-30(42)8-13-34(36)39(49)46-24-29-7-5-4-6-27(29)20-32(46)25-45-16-18-53-19-17-45/h4-15,21-23,32,48H,16-20,24-25H2,1-3H3/t32-/m0/s1. The number of hydrogen-bond acceptors (Lipinski definition) is 8. The molecule has 0 bridgehead atoms. The molecule has 53 heavy (non-hydrogen) atoms. The number of aromatic nitrogens is 2. The van der Waals surface area contributed by atoms with Crippen molar-refractivity contribution in [3.63, 3.8) is 0 Å². The van der Waals surface area contributed by atoms with E-state index in [2.05, 4.69) is 22.0 Å². The first kappa shape index (κ1) is 35.9. The van der Waals surface area contributed by atoms with Crippen LogP contribution < -0.4 is 4.90 Å². The highest BCUT2D eigenvalue weighted by Crippen LogP contribution is 2.36. The molecule has 5 aromatic rings. The number of fused-ring (bicyclic) bond motifs is 1. The van der Waals surface area contributed by atoms with Crippen LogP contribution in [0.5, 0.6) is 5.75 Å². The van der Waals surface area contributed by atoms with E-state index in [9.17, 15) is 19.5 Å². The normalized spacial score (nSPS) is 15.8. The molecule has 0 spiro atoms. The average molecular weight is 734 g/mol. The summed E-state index contributed by atoms with van der Waals surface area (Å²) in [6, 6.07) is 24.3. The van der Waals surface area contributed by atoms with Gasteiger partial charge in [0.15, 0.2) is 0 Å².